The van der Waals surface area contributed by atoms with Crippen LogP contribution in [0.15, 0.2) is 206 Å². The molecular formula is C59H40. The smallest absolute Gasteiger partial charge is 0.0159 e. The third-order valence-electron chi connectivity index (χ3n) is 13.2. The van der Waals surface area contributed by atoms with Crippen LogP contribution in [-0.2, 0) is 5.41 Å². The van der Waals surface area contributed by atoms with E-state index in [1.54, 1.807) is 0 Å². The number of benzene rings is 11. The van der Waals surface area contributed by atoms with Gasteiger partial charge in [-0.3, -0.25) is 0 Å². The van der Waals surface area contributed by atoms with E-state index in [1.165, 1.54) is 121 Å². The van der Waals surface area contributed by atoms with Crippen molar-refractivity contribution < 1.29 is 0 Å². The predicted molar refractivity (Wildman–Crippen MR) is 253 cm³/mol. The van der Waals surface area contributed by atoms with Crippen LogP contribution in [0.4, 0.5) is 0 Å². The molecule has 0 nitrogen and oxygen atoms in total. The summed E-state index contributed by atoms with van der Waals surface area (Å²) in [5.74, 6) is 0. The van der Waals surface area contributed by atoms with E-state index in [0.717, 1.165) is 0 Å². The van der Waals surface area contributed by atoms with E-state index in [1.807, 2.05) is 0 Å². The highest BCUT2D eigenvalue weighted by molar-refractivity contribution is 6.22. The minimum Gasteiger partial charge on any atom is -0.0619 e. The Morgan fingerprint density at radius 2 is 0.729 bits per heavy atom. The maximum Gasteiger partial charge on any atom is 0.0159 e. The van der Waals surface area contributed by atoms with E-state index in [2.05, 4.69) is 220 Å². The van der Waals surface area contributed by atoms with Crippen molar-refractivity contribution in [1.29, 1.82) is 0 Å². The lowest BCUT2D eigenvalue weighted by molar-refractivity contribution is 0.660. The molecule has 0 N–H and O–H groups in total. The molecule has 0 atom stereocenters. The molecule has 11 aromatic rings. The first-order valence-electron chi connectivity index (χ1n) is 20.7. The van der Waals surface area contributed by atoms with Crippen molar-refractivity contribution >= 4 is 53.9 Å². The summed E-state index contributed by atoms with van der Waals surface area (Å²) in [5, 5.41) is 12.6. The number of fused-ring (bicyclic) bond motifs is 8. The Morgan fingerprint density at radius 3 is 1.51 bits per heavy atom. The second kappa shape index (κ2) is 12.9. The second-order valence-corrected chi connectivity index (χ2v) is 16.9. The standard InChI is InChI=1S/C59H40/c1-59(2)55-21-10-9-17-49(55)50-30-29-46(36-56(50)59)58-52-19-8-7-18-51(52)57(53-31-28-44(35-54(53)58)48-20-11-15-38-13-5-6-16-47(38)48)45-27-26-42-33-41(24-25-43(42)34-45)40-23-22-37-12-3-4-14-39(37)32-40/h3-36H,1-2H3. The molecule has 59 heavy (non-hydrogen) atoms. The van der Waals surface area contributed by atoms with Crippen molar-refractivity contribution in [3.63, 3.8) is 0 Å². The molecule has 11 aromatic carbocycles. The molecule has 276 valence electrons. The predicted octanol–water partition coefficient (Wildman–Crippen LogP) is 16.4. The Kier molecular flexibility index (Phi) is 7.38. The van der Waals surface area contributed by atoms with Gasteiger partial charge in [-0.05, 0) is 151 Å². The minimum absolute atomic E-state index is 0.0964. The van der Waals surface area contributed by atoms with Crippen LogP contribution in [0.5, 0.6) is 0 Å². The Morgan fingerprint density at radius 1 is 0.254 bits per heavy atom. The van der Waals surface area contributed by atoms with E-state index in [4.69, 9.17) is 0 Å². The molecule has 0 spiro atoms. The van der Waals surface area contributed by atoms with Gasteiger partial charge in [-0.25, -0.2) is 0 Å². The molecule has 12 rings (SSSR count). The molecule has 0 heteroatoms. The van der Waals surface area contributed by atoms with Crippen LogP contribution in [0, 0.1) is 0 Å². The summed E-state index contributed by atoms with van der Waals surface area (Å²) in [7, 11) is 0. The number of hydrogen-bond acceptors (Lipinski definition) is 0. The van der Waals surface area contributed by atoms with Crippen molar-refractivity contribution in [2.24, 2.45) is 0 Å². The summed E-state index contributed by atoms with van der Waals surface area (Å²) in [6.45, 7) is 4.76. The SMILES string of the molecule is CC1(C)c2ccccc2-c2ccc(-c3c4ccccc4c(-c4ccc5cc(-c6ccc7ccccc7c6)ccc5c4)c4ccc(-c5cccc6ccccc56)cc34)cc21. The van der Waals surface area contributed by atoms with E-state index in [-0.39, 0.29) is 5.41 Å². The van der Waals surface area contributed by atoms with Gasteiger partial charge in [0.2, 0.25) is 0 Å². The Balaban J connectivity index is 1.09. The van der Waals surface area contributed by atoms with Crippen LogP contribution in [0.3, 0.4) is 0 Å². The lowest BCUT2D eigenvalue weighted by atomic mass is 9.80. The topological polar surface area (TPSA) is 0 Å². The summed E-state index contributed by atoms with van der Waals surface area (Å²) >= 11 is 0. The molecule has 0 aliphatic heterocycles. The van der Waals surface area contributed by atoms with Crippen LogP contribution in [-0.4, -0.2) is 0 Å². The van der Waals surface area contributed by atoms with E-state index in [0.29, 0.717) is 0 Å². The van der Waals surface area contributed by atoms with Gasteiger partial charge >= 0.3 is 0 Å². The van der Waals surface area contributed by atoms with Crippen molar-refractivity contribution in [2.75, 3.05) is 0 Å². The Hall–Kier alpha value is -7.28. The van der Waals surface area contributed by atoms with Crippen LogP contribution in [0.2, 0.25) is 0 Å². The molecule has 1 aliphatic carbocycles. The highest BCUT2D eigenvalue weighted by Gasteiger charge is 2.35. The summed E-state index contributed by atoms with van der Waals surface area (Å²) < 4.78 is 0. The molecule has 0 saturated heterocycles. The monoisotopic (exact) mass is 748 g/mol. The van der Waals surface area contributed by atoms with Crippen molar-refractivity contribution in [3.05, 3.63) is 217 Å². The largest absolute Gasteiger partial charge is 0.0619 e. The number of hydrogen-bond donors (Lipinski definition) is 0. The van der Waals surface area contributed by atoms with Crippen molar-refractivity contribution in [3.8, 4) is 55.6 Å². The van der Waals surface area contributed by atoms with Gasteiger partial charge in [-0.2, -0.15) is 0 Å². The molecule has 0 heterocycles. The first-order chi connectivity index (χ1) is 29.0. The molecule has 0 unspecified atom stereocenters. The summed E-state index contributed by atoms with van der Waals surface area (Å²) in [6.07, 6.45) is 0. The third kappa shape index (κ3) is 5.23. The maximum atomic E-state index is 2.49. The van der Waals surface area contributed by atoms with Crippen molar-refractivity contribution in [2.45, 2.75) is 19.3 Å². The fraction of sp³-hybridized carbons (Fsp3) is 0.0508. The lowest BCUT2D eigenvalue weighted by Gasteiger charge is -2.23. The molecule has 0 fully saturated rings. The van der Waals surface area contributed by atoms with Gasteiger partial charge in [-0.15, -0.1) is 0 Å². The van der Waals surface area contributed by atoms with Crippen LogP contribution in [0.1, 0.15) is 25.0 Å². The van der Waals surface area contributed by atoms with E-state index < -0.39 is 0 Å². The zero-order chi connectivity index (χ0) is 39.2. The molecule has 0 saturated carbocycles. The van der Waals surface area contributed by atoms with Gasteiger partial charge in [0.25, 0.3) is 0 Å². The van der Waals surface area contributed by atoms with Gasteiger partial charge < -0.3 is 0 Å². The van der Waals surface area contributed by atoms with Gasteiger partial charge in [0.15, 0.2) is 0 Å². The fourth-order valence-electron chi connectivity index (χ4n) is 10.3. The average molecular weight is 749 g/mol. The highest BCUT2D eigenvalue weighted by atomic mass is 14.4. The lowest BCUT2D eigenvalue weighted by Crippen LogP contribution is -2.14. The summed E-state index contributed by atoms with van der Waals surface area (Å²) in [6, 6.07) is 77.2. The zero-order valence-corrected chi connectivity index (χ0v) is 33.1. The van der Waals surface area contributed by atoms with Gasteiger partial charge in [0.05, 0.1) is 0 Å². The van der Waals surface area contributed by atoms with E-state index in [9.17, 15) is 0 Å². The fourth-order valence-corrected chi connectivity index (χ4v) is 10.3. The molecule has 0 bridgehead atoms. The summed E-state index contributed by atoms with van der Waals surface area (Å²) in [5.41, 5.74) is 15.4. The minimum atomic E-state index is -0.0964. The quantitative estimate of drug-likeness (QED) is 0.157. The van der Waals surface area contributed by atoms with Gasteiger partial charge in [0, 0.05) is 5.41 Å². The normalized spacial score (nSPS) is 13.1. The average Bonchev–Trinajstić information content (AvgIpc) is 3.52. The number of rotatable bonds is 4. The van der Waals surface area contributed by atoms with E-state index >= 15 is 0 Å². The highest BCUT2D eigenvalue weighted by Crippen LogP contribution is 2.52. The summed E-state index contributed by atoms with van der Waals surface area (Å²) in [4.78, 5) is 0. The Bertz CT molecular complexity index is 3520. The first-order valence-corrected chi connectivity index (χ1v) is 20.7. The molecule has 0 aromatic heterocycles. The van der Waals surface area contributed by atoms with Crippen LogP contribution in [0.25, 0.3) is 109 Å². The zero-order valence-electron chi connectivity index (χ0n) is 33.1. The third-order valence-corrected chi connectivity index (χ3v) is 13.2. The van der Waals surface area contributed by atoms with Crippen LogP contribution >= 0.6 is 0 Å². The van der Waals surface area contributed by atoms with Crippen molar-refractivity contribution in [1.82, 2.24) is 0 Å². The molecule has 0 radical (unpaired) electrons. The van der Waals surface area contributed by atoms with Crippen LogP contribution < -0.4 is 0 Å². The molecular weight excluding hydrogens is 709 g/mol. The second-order valence-electron chi connectivity index (χ2n) is 16.9. The molecule has 1 aliphatic rings. The first kappa shape index (κ1) is 33.8. The Labute approximate surface area is 344 Å². The van der Waals surface area contributed by atoms with Gasteiger partial charge in [-0.1, -0.05) is 190 Å². The molecule has 0 amide bonds. The maximum absolute atomic E-state index is 2.49. The van der Waals surface area contributed by atoms with Gasteiger partial charge in [0.1, 0.15) is 0 Å².